The van der Waals surface area contributed by atoms with Gasteiger partial charge in [-0.05, 0) is 50.2 Å². The second kappa shape index (κ2) is 8.65. The van der Waals surface area contributed by atoms with Gasteiger partial charge in [-0.1, -0.05) is 35.3 Å². The first-order valence-electron chi connectivity index (χ1n) is 9.58. The summed E-state index contributed by atoms with van der Waals surface area (Å²) in [7, 11) is 0. The zero-order valence-corrected chi connectivity index (χ0v) is 18.4. The van der Waals surface area contributed by atoms with Gasteiger partial charge in [-0.25, -0.2) is 4.79 Å². The number of ether oxygens (including phenoxy) is 3. The van der Waals surface area contributed by atoms with Crippen LogP contribution in [0.25, 0.3) is 5.69 Å². The van der Waals surface area contributed by atoms with Crippen molar-refractivity contribution < 1.29 is 23.8 Å². The van der Waals surface area contributed by atoms with Crippen molar-refractivity contribution in [1.29, 1.82) is 0 Å². The van der Waals surface area contributed by atoms with Gasteiger partial charge >= 0.3 is 5.97 Å². The SMILES string of the molecule is Cc1cc(C(=O)COC(=O)C2COc3ccccc3O2)c(C)n1-c1ccc(Cl)c(Cl)c1. The third kappa shape index (κ3) is 4.27. The number of aromatic nitrogens is 1. The van der Waals surface area contributed by atoms with Crippen LogP contribution < -0.4 is 9.47 Å². The van der Waals surface area contributed by atoms with E-state index in [1.807, 2.05) is 30.5 Å². The van der Waals surface area contributed by atoms with Crippen LogP contribution in [0.15, 0.2) is 48.5 Å². The van der Waals surface area contributed by atoms with E-state index in [2.05, 4.69) is 0 Å². The molecular weight excluding hydrogens is 441 g/mol. The van der Waals surface area contributed by atoms with Crippen LogP contribution in [0.2, 0.25) is 10.0 Å². The summed E-state index contributed by atoms with van der Waals surface area (Å²) in [6.07, 6.45) is -0.925. The number of ketones is 1. The molecule has 2 heterocycles. The van der Waals surface area contributed by atoms with E-state index in [1.165, 1.54) is 0 Å². The number of para-hydroxylation sites is 2. The van der Waals surface area contributed by atoms with Crippen LogP contribution in [0, 0.1) is 13.8 Å². The summed E-state index contributed by atoms with van der Waals surface area (Å²) in [5.41, 5.74) is 2.80. The van der Waals surface area contributed by atoms with Crippen LogP contribution >= 0.6 is 23.2 Å². The van der Waals surface area contributed by atoms with Gasteiger partial charge in [-0.2, -0.15) is 0 Å². The minimum atomic E-state index is -0.925. The highest BCUT2D eigenvalue weighted by Gasteiger charge is 2.29. The second-order valence-corrected chi connectivity index (χ2v) is 7.93. The Morgan fingerprint density at radius 2 is 1.81 bits per heavy atom. The lowest BCUT2D eigenvalue weighted by molar-refractivity contribution is -0.153. The van der Waals surface area contributed by atoms with E-state index < -0.39 is 18.7 Å². The molecule has 160 valence electrons. The van der Waals surface area contributed by atoms with Crippen LogP contribution in [-0.2, 0) is 9.53 Å². The molecule has 0 fully saturated rings. The largest absolute Gasteiger partial charge is 0.485 e. The normalized spacial score (nSPS) is 14.9. The Hall–Kier alpha value is -2.96. The molecule has 1 unspecified atom stereocenters. The minimum Gasteiger partial charge on any atom is -0.485 e. The highest BCUT2D eigenvalue weighted by Crippen LogP contribution is 2.31. The maximum atomic E-state index is 12.8. The molecule has 1 aromatic heterocycles. The molecule has 1 atom stereocenters. The Bertz CT molecular complexity index is 1170. The molecule has 1 aliphatic heterocycles. The van der Waals surface area contributed by atoms with Gasteiger partial charge in [0.25, 0.3) is 0 Å². The number of carbonyl (C=O) groups is 2. The second-order valence-electron chi connectivity index (χ2n) is 7.11. The van der Waals surface area contributed by atoms with E-state index >= 15 is 0 Å². The van der Waals surface area contributed by atoms with E-state index in [0.29, 0.717) is 32.8 Å². The summed E-state index contributed by atoms with van der Waals surface area (Å²) < 4.78 is 18.2. The molecule has 0 N–H and O–H groups in total. The van der Waals surface area contributed by atoms with Crippen molar-refractivity contribution in [2.45, 2.75) is 20.0 Å². The molecule has 0 spiro atoms. The van der Waals surface area contributed by atoms with Gasteiger partial charge in [0, 0.05) is 22.6 Å². The Morgan fingerprint density at radius 3 is 2.55 bits per heavy atom. The van der Waals surface area contributed by atoms with E-state index in [1.54, 1.807) is 36.4 Å². The summed E-state index contributed by atoms with van der Waals surface area (Å²) in [5.74, 6) is 0.0654. The average Bonchev–Trinajstić information content (AvgIpc) is 3.07. The van der Waals surface area contributed by atoms with Crippen LogP contribution in [0.4, 0.5) is 0 Å². The predicted octanol–water partition coefficient (Wildman–Crippen LogP) is 4.97. The number of carbonyl (C=O) groups excluding carboxylic acids is 2. The lowest BCUT2D eigenvalue weighted by atomic mass is 10.1. The van der Waals surface area contributed by atoms with Gasteiger partial charge in [0.05, 0.1) is 10.0 Å². The number of rotatable bonds is 5. The molecule has 0 radical (unpaired) electrons. The molecule has 3 aromatic rings. The molecule has 4 rings (SSSR count). The number of esters is 1. The van der Waals surface area contributed by atoms with E-state index in [4.69, 9.17) is 37.4 Å². The van der Waals surface area contributed by atoms with Crippen molar-refractivity contribution in [3.63, 3.8) is 0 Å². The zero-order chi connectivity index (χ0) is 22.1. The summed E-state index contributed by atoms with van der Waals surface area (Å²) in [4.78, 5) is 25.1. The smallest absolute Gasteiger partial charge is 0.351 e. The summed E-state index contributed by atoms with van der Waals surface area (Å²) in [6.45, 7) is 3.32. The monoisotopic (exact) mass is 459 g/mol. The number of halogens is 2. The lowest BCUT2D eigenvalue weighted by Gasteiger charge is -2.24. The highest BCUT2D eigenvalue weighted by molar-refractivity contribution is 6.42. The first-order chi connectivity index (χ1) is 14.8. The third-order valence-corrected chi connectivity index (χ3v) is 5.75. The van der Waals surface area contributed by atoms with Gasteiger partial charge in [-0.15, -0.1) is 0 Å². The fourth-order valence-electron chi connectivity index (χ4n) is 3.51. The molecule has 2 aromatic carbocycles. The number of nitrogens with zero attached hydrogens (tertiary/aromatic N) is 1. The molecule has 0 aliphatic carbocycles. The van der Waals surface area contributed by atoms with E-state index in [9.17, 15) is 9.59 Å². The highest BCUT2D eigenvalue weighted by atomic mass is 35.5. The number of hydrogen-bond acceptors (Lipinski definition) is 5. The molecule has 6 nitrogen and oxygen atoms in total. The number of aryl methyl sites for hydroxylation is 1. The van der Waals surface area contributed by atoms with E-state index in [-0.39, 0.29) is 12.4 Å². The number of benzene rings is 2. The van der Waals surface area contributed by atoms with Crippen LogP contribution in [0.1, 0.15) is 21.7 Å². The zero-order valence-electron chi connectivity index (χ0n) is 16.9. The van der Waals surface area contributed by atoms with Crippen molar-refractivity contribution in [2.75, 3.05) is 13.2 Å². The average molecular weight is 460 g/mol. The quantitative estimate of drug-likeness (QED) is 0.398. The molecular formula is C23H19Cl2NO5. The Balaban J connectivity index is 1.45. The maximum Gasteiger partial charge on any atom is 0.351 e. The molecule has 0 amide bonds. The Labute approximate surface area is 189 Å². The molecule has 0 saturated carbocycles. The van der Waals surface area contributed by atoms with E-state index in [0.717, 1.165) is 11.4 Å². The van der Waals surface area contributed by atoms with Gasteiger partial charge in [0.1, 0.15) is 6.61 Å². The summed E-state index contributed by atoms with van der Waals surface area (Å²) >= 11 is 12.1. The first kappa shape index (κ1) is 21.3. The van der Waals surface area contributed by atoms with Crippen molar-refractivity contribution in [3.05, 3.63) is 75.5 Å². The molecule has 1 aliphatic rings. The van der Waals surface area contributed by atoms with Crippen molar-refractivity contribution in [1.82, 2.24) is 4.57 Å². The molecule has 0 saturated heterocycles. The topological polar surface area (TPSA) is 66.8 Å². The third-order valence-electron chi connectivity index (χ3n) is 5.01. The maximum absolute atomic E-state index is 12.8. The van der Waals surface area contributed by atoms with Crippen LogP contribution in [0.5, 0.6) is 11.5 Å². The van der Waals surface area contributed by atoms with Gasteiger partial charge in [0.2, 0.25) is 11.9 Å². The molecule has 31 heavy (non-hydrogen) atoms. The van der Waals surface area contributed by atoms with Gasteiger partial charge in [-0.3, -0.25) is 4.79 Å². The number of fused-ring (bicyclic) bond motifs is 1. The van der Waals surface area contributed by atoms with Crippen molar-refractivity contribution >= 4 is 35.0 Å². The Kier molecular flexibility index (Phi) is 5.94. The van der Waals surface area contributed by atoms with Crippen LogP contribution in [-0.4, -0.2) is 35.6 Å². The summed E-state index contributed by atoms with van der Waals surface area (Å²) in [6, 6.07) is 14.1. The predicted molar refractivity (Wildman–Crippen MR) is 117 cm³/mol. The molecule has 8 heteroatoms. The number of hydrogen-bond donors (Lipinski definition) is 0. The fourth-order valence-corrected chi connectivity index (χ4v) is 3.80. The Morgan fingerprint density at radius 1 is 1.06 bits per heavy atom. The van der Waals surface area contributed by atoms with Gasteiger partial charge in [0.15, 0.2) is 18.1 Å². The summed E-state index contributed by atoms with van der Waals surface area (Å²) in [5, 5.41) is 0.873. The molecule has 0 bridgehead atoms. The lowest BCUT2D eigenvalue weighted by Crippen LogP contribution is -2.38. The first-order valence-corrected chi connectivity index (χ1v) is 10.3. The standard InChI is InChI=1S/C23H19Cl2NO5/c1-13-9-16(14(2)26(13)15-7-8-17(24)18(25)10-15)19(27)11-30-23(28)22-12-29-20-5-3-4-6-21(20)31-22/h3-10,22H,11-12H2,1-2H3. The fraction of sp³-hybridized carbons (Fsp3) is 0.217. The number of Topliss-reactive ketones (excluding diaryl/α,β-unsaturated/α-hetero) is 1. The van der Waals surface area contributed by atoms with Gasteiger partial charge < -0.3 is 18.8 Å². The van der Waals surface area contributed by atoms with Crippen molar-refractivity contribution in [3.8, 4) is 17.2 Å². The van der Waals surface area contributed by atoms with Crippen molar-refractivity contribution in [2.24, 2.45) is 0 Å². The van der Waals surface area contributed by atoms with Crippen LogP contribution in [0.3, 0.4) is 0 Å². The minimum absolute atomic E-state index is 0.0237.